The molecule has 2 aromatic carbocycles. The Morgan fingerprint density at radius 2 is 1.48 bits per heavy atom. The average molecular weight is 457 g/mol. The van der Waals surface area contributed by atoms with Gasteiger partial charge in [-0.25, -0.2) is 5.01 Å². The first kappa shape index (κ1) is 16.7. The predicted molar refractivity (Wildman–Crippen MR) is 86.1 cm³/mol. The number of hydrogen-bond donors (Lipinski definition) is 1. The maximum absolute atomic E-state index is 3.84. The van der Waals surface area contributed by atoms with Crippen molar-refractivity contribution < 1.29 is 29.0 Å². The molecular weight excluding hydrogens is 439 g/mol. The molecule has 0 aliphatic carbocycles. The molecule has 0 fully saturated rings. The van der Waals surface area contributed by atoms with Crippen LogP contribution >= 0.6 is 15.9 Å². The van der Waals surface area contributed by atoms with Crippen molar-refractivity contribution in [1.82, 2.24) is 5.01 Å². The second kappa shape index (κ2) is 7.05. The van der Waals surface area contributed by atoms with Gasteiger partial charge in [-0.3, -0.25) is 0 Å². The first-order chi connectivity index (χ1) is 9.70. The van der Waals surface area contributed by atoms with E-state index in [0.29, 0.717) is 0 Å². The SMILES string of the molecule is CN1C(c2ccccc2)C(Br)=C(c2ccccc2)[NH+]1C.[I-]. The van der Waals surface area contributed by atoms with Crippen molar-refractivity contribution in [3.63, 3.8) is 0 Å². The van der Waals surface area contributed by atoms with Gasteiger partial charge in [0, 0.05) is 12.6 Å². The van der Waals surface area contributed by atoms with Gasteiger partial charge in [0.2, 0.25) is 0 Å². The highest BCUT2D eigenvalue weighted by Crippen LogP contribution is 2.37. The molecule has 1 N–H and O–H groups in total. The normalized spacial score (nSPS) is 22.2. The van der Waals surface area contributed by atoms with Crippen molar-refractivity contribution in [3.8, 4) is 0 Å². The van der Waals surface area contributed by atoms with E-state index in [2.05, 4.69) is 95.7 Å². The molecule has 0 saturated carbocycles. The molecule has 0 bridgehead atoms. The first-order valence-corrected chi connectivity index (χ1v) is 7.56. The third-order valence-corrected chi connectivity index (χ3v) is 4.77. The summed E-state index contributed by atoms with van der Waals surface area (Å²) in [7, 11) is 4.34. The van der Waals surface area contributed by atoms with Gasteiger partial charge in [-0.1, -0.05) is 48.5 Å². The summed E-state index contributed by atoms with van der Waals surface area (Å²) in [6.07, 6.45) is 0. The molecule has 0 radical (unpaired) electrons. The number of quaternary nitrogens is 1. The summed E-state index contributed by atoms with van der Waals surface area (Å²) in [5.74, 6) is 0. The van der Waals surface area contributed by atoms with Crippen molar-refractivity contribution in [3.05, 3.63) is 76.3 Å². The highest BCUT2D eigenvalue weighted by molar-refractivity contribution is 9.11. The lowest BCUT2D eigenvalue weighted by atomic mass is 10.0. The summed E-state index contributed by atoms with van der Waals surface area (Å²) in [6, 6.07) is 21.5. The van der Waals surface area contributed by atoms with Crippen LogP contribution in [0.15, 0.2) is 65.1 Å². The van der Waals surface area contributed by atoms with Crippen molar-refractivity contribution in [2.45, 2.75) is 6.04 Å². The maximum Gasteiger partial charge on any atom is 0.170 e. The molecule has 2 nitrogen and oxygen atoms in total. The summed E-state index contributed by atoms with van der Waals surface area (Å²) < 4.78 is 1.25. The van der Waals surface area contributed by atoms with Crippen LogP contribution in [0.3, 0.4) is 0 Å². The third-order valence-electron chi connectivity index (χ3n) is 3.93. The van der Waals surface area contributed by atoms with Gasteiger partial charge < -0.3 is 24.0 Å². The van der Waals surface area contributed by atoms with Crippen LogP contribution in [0.4, 0.5) is 0 Å². The van der Waals surface area contributed by atoms with E-state index in [9.17, 15) is 0 Å². The molecule has 1 heterocycles. The van der Waals surface area contributed by atoms with E-state index < -0.39 is 0 Å². The number of nitrogens with zero attached hydrogens (tertiary/aromatic N) is 1. The van der Waals surface area contributed by atoms with Gasteiger partial charge in [0.15, 0.2) is 5.70 Å². The van der Waals surface area contributed by atoms with Gasteiger partial charge in [0.1, 0.15) is 6.04 Å². The zero-order chi connectivity index (χ0) is 14.1. The molecule has 2 atom stereocenters. The Morgan fingerprint density at radius 3 is 2.05 bits per heavy atom. The number of likely N-dealkylation sites (N-methyl/N-ethyl adjacent to an activating group) is 1. The van der Waals surface area contributed by atoms with E-state index in [4.69, 9.17) is 0 Å². The van der Waals surface area contributed by atoms with E-state index in [0.717, 1.165) is 0 Å². The molecule has 21 heavy (non-hydrogen) atoms. The number of nitrogens with one attached hydrogen (secondary N) is 1. The molecule has 0 spiro atoms. The molecule has 1 aliphatic heterocycles. The van der Waals surface area contributed by atoms with E-state index >= 15 is 0 Å². The van der Waals surface area contributed by atoms with Gasteiger partial charge >= 0.3 is 0 Å². The molecule has 0 amide bonds. The van der Waals surface area contributed by atoms with Gasteiger partial charge in [-0.05, 0) is 33.6 Å². The minimum atomic E-state index is 0. The second-order valence-corrected chi connectivity index (χ2v) is 5.95. The largest absolute Gasteiger partial charge is 1.00 e. The highest BCUT2D eigenvalue weighted by atomic mass is 127. The topological polar surface area (TPSA) is 7.68 Å². The van der Waals surface area contributed by atoms with Gasteiger partial charge in [0.05, 0.1) is 11.5 Å². The molecular formula is C17H18BrIN2. The third kappa shape index (κ3) is 3.08. The zero-order valence-corrected chi connectivity index (χ0v) is 15.8. The summed E-state index contributed by atoms with van der Waals surface area (Å²) in [6.45, 7) is 0. The van der Waals surface area contributed by atoms with Crippen LogP contribution in [0.25, 0.3) is 5.70 Å². The zero-order valence-electron chi connectivity index (χ0n) is 12.1. The smallest absolute Gasteiger partial charge is 0.170 e. The van der Waals surface area contributed by atoms with Crippen molar-refractivity contribution in [2.75, 3.05) is 14.1 Å². The lowest BCUT2D eigenvalue weighted by Crippen LogP contribution is -3.11. The fourth-order valence-electron chi connectivity index (χ4n) is 2.81. The van der Waals surface area contributed by atoms with Crippen LogP contribution in [0.5, 0.6) is 0 Å². The van der Waals surface area contributed by atoms with E-state index in [1.165, 1.54) is 26.3 Å². The van der Waals surface area contributed by atoms with E-state index in [-0.39, 0.29) is 30.0 Å². The lowest BCUT2D eigenvalue weighted by Gasteiger charge is -2.23. The molecule has 0 saturated heterocycles. The number of hydrogen-bond acceptors (Lipinski definition) is 1. The fourth-order valence-corrected chi connectivity index (χ4v) is 3.89. The van der Waals surface area contributed by atoms with Crippen LogP contribution in [-0.4, -0.2) is 19.1 Å². The lowest BCUT2D eigenvalue weighted by molar-refractivity contribution is -0.928. The Kier molecular flexibility index (Phi) is 5.60. The highest BCUT2D eigenvalue weighted by Gasteiger charge is 2.39. The van der Waals surface area contributed by atoms with Crippen molar-refractivity contribution in [1.29, 1.82) is 0 Å². The summed E-state index contributed by atoms with van der Waals surface area (Å²) in [5.41, 5.74) is 3.89. The summed E-state index contributed by atoms with van der Waals surface area (Å²) >= 11 is 3.84. The Bertz CT molecular complexity index is 628. The first-order valence-electron chi connectivity index (χ1n) is 6.77. The molecule has 3 rings (SSSR count). The molecule has 110 valence electrons. The van der Waals surface area contributed by atoms with Crippen LogP contribution in [0, 0.1) is 0 Å². The van der Waals surface area contributed by atoms with E-state index in [1.807, 2.05) is 0 Å². The predicted octanol–water partition coefficient (Wildman–Crippen LogP) is -0.129. The standard InChI is InChI=1S/C17H17BrN2.HI/c1-19-16(13-9-5-3-6-10-13)15(18)17(20(19)2)14-11-7-4-8-12-14;/h3-12,16H,1-2H3;1H. The minimum absolute atomic E-state index is 0. The van der Waals surface area contributed by atoms with Crippen molar-refractivity contribution in [2.24, 2.45) is 0 Å². The van der Waals surface area contributed by atoms with Gasteiger partial charge in [-0.2, -0.15) is 0 Å². The number of halogens is 2. The Morgan fingerprint density at radius 1 is 0.952 bits per heavy atom. The Balaban J connectivity index is 0.00000161. The second-order valence-electron chi connectivity index (χ2n) is 5.10. The Labute approximate surface area is 151 Å². The average Bonchev–Trinajstić information content (AvgIpc) is 2.71. The molecule has 2 aromatic rings. The molecule has 1 aliphatic rings. The van der Waals surface area contributed by atoms with Crippen LogP contribution < -0.4 is 29.0 Å². The maximum atomic E-state index is 3.84. The van der Waals surface area contributed by atoms with Crippen molar-refractivity contribution >= 4 is 21.6 Å². The van der Waals surface area contributed by atoms with Crippen LogP contribution in [0.2, 0.25) is 0 Å². The number of benzene rings is 2. The minimum Gasteiger partial charge on any atom is -1.00 e. The van der Waals surface area contributed by atoms with Gasteiger partial charge in [0.25, 0.3) is 0 Å². The van der Waals surface area contributed by atoms with Crippen LogP contribution in [0.1, 0.15) is 17.2 Å². The van der Waals surface area contributed by atoms with Crippen LogP contribution in [-0.2, 0) is 0 Å². The fraction of sp³-hybridized carbons (Fsp3) is 0.176. The molecule has 4 heteroatoms. The molecule has 2 unspecified atom stereocenters. The Hall–Kier alpha value is -0.690. The monoisotopic (exact) mass is 456 g/mol. The van der Waals surface area contributed by atoms with E-state index in [1.54, 1.807) is 0 Å². The summed E-state index contributed by atoms with van der Waals surface area (Å²) in [4.78, 5) is 0. The molecule has 0 aromatic heterocycles. The van der Waals surface area contributed by atoms with Gasteiger partial charge in [-0.15, -0.1) is 5.01 Å². The quantitative estimate of drug-likeness (QED) is 0.618. The summed E-state index contributed by atoms with van der Waals surface area (Å²) in [5, 5.41) is 3.64. The number of rotatable bonds is 2.